The number of ether oxygens (including phenoxy) is 2. The summed E-state index contributed by atoms with van der Waals surface area (Å²) in [6.45, 7) is 2.55. The summed E-state index contributed by atoms with van der Waals surface area (Å²) in [7, 11) is 0. The molecule has 0 aliphatic carbocycles. The van der Waals surface area contributed by atoms with E-state index in [-0.39, 0.29) is 16.5 Å². The molecular weight excluding hydrogens is 642 g/mol. The maximum Gasteiger partial charge on any atom is 0.301 e. The van der Waals surface area contributed by atoms with E-state index in [4.69, 9.17) is 21.1 Å². The highest BCUT2D eigenvalue weighted by Crippen LogP contribution is 2.45. The van der Waals surface area contributed by atoms with Crippen LogP contribution in [0.2, 0.25) is 5.02 Å². The number of thioether (sulfide) groups is 1. The molecule has 232 valence electrons. The second kappa shape index (κ2) is 14.2. The fraction of sp³-hybridized carbons (Fsp3) is 0.143. The second-order valence-electron chi connectivity index (χ2n) is 10.2. The molecule has 0 saturated carbocycles. The lowest BCUT2D eigenvalue weighted by Gasteiger charge is -2.23. The fourth-order valence-electron chi connectivity index (χ4n) is 5.00. The van der Waals surface area contributed by atoms with Gasteiger partial charge in [0.25, 0.3) is 5.78 Å². The van der Waals surface area contributed by atoms with Crippen molar-refractivity contribution in [3.8, 4) is 11.5 Å². The molecule has 1 atom stereocenters. The average molecular weight is 670 g/mol. The Balaban J connectivity index is 1.38. The third-order valence-electron chi connectivity index (χ3n) is 7.19. The van der Waals surface area contributed by atoms with Crippen LogP contribution < -0.4 is 14.4 Å². The summed E-state index contributed by atoms with van der Waals surface area (Å²) in [5, 5.41) is 21.0. The number of anilines is 1. The van der Waals surface area contributed by atoms with Crippen molar-refractivity contribution in [2.24, 2.45) is 0 Å². The van der Waals surface area contributed by atoms with Gasteiger partial charge in [0.2, 0.25) is 5.13 Å². The smallest absolute Gasteiger partial charge is 0.301 e. The van der Waals surface area contributed by atoms with Crippen molar-refractivity contribution >= 4 is 57.3 Å². The lowest BCUT2D eigenvalue weighted by Crippen LogP contribution is -2.29. The van der Waals surface area contributed by atoms with Crippen LogP contribution >= 0.6 is 34.7 Å². The highest BCUT2D eigenvalue weighted by Gasteiger charge is 2.48. The number of amides is 1. The van der Waals surface area contributed by atoms with Crippen LogP contribution in [0.5, 0.6) is 11.5 Å². The fourth-order valence-corrected chi connectivity index (χ4v) is 6.95. The molecule has 4 aromatic carbocycles. The van der Waals surface area contributed by atoms with E-state index < -0.39 is 17.7 Å². The maximum atomic E-state index is 13.7. The number of carbonyl (C=O) groups is 2. The molecule has 5 aromatic rings. The third kappa shape index (κ3) is 6.79. The molecule has 0 spiro atoms. The second-order valence-corrected chi connectivity index (χ2v) is 12.8. The van der Waals surface area contributed by atoms with E-state index in [2.05, 4.69) is 10.2 Å². The number of aromatic nitrogens is 2. The number of ketones is 1. The topological polar surface area (TPSA) is 102 Å². The summed E-state index contributed by atoms with van der Waals surface area (Å²) in [6.07, 6.45) is 0. The molecule has 1 unspecified atom stereocenters. The minimum absolute atomic E-state index is 0.0535. The molecule has 46 heavy (non-hydrogen) atoms. The van der Waals surface area contributed by atoms with Gasteiger partial charge in [0.1, 0.15) is 12.4 Å². The van der Waals surface area contributed by atoms with Crippen LogP contribution in [-0.2, 0) is 21.9 Å². The van der Waals surface area contributed by atoms with Crippen molar-refractivity contribution in [1.82, 2.24) is 10.2 Å². The van der Waals surface area contributed by atoms with Gasteiger partial charge >= 0.3 is 5.91 Å². The third-order valence-corrected chi connectivity index (χ3v) is 9.57. The molecule has 1 aliphatic rings. The minimum Gasteiger partial charge on any atom is -0.507 e. The normalized spacial score (nSPS) is 15.7. The summed E-state index contributed by atoms with van der Waals surface area (Å²) < 4.78 is 12.7. The molecule has 1 saturated heterocycles. The molecule has 11 heteroatoms. The molecule has 6 rings (SSSR count). The number of benzene rings is 4. The molecule has 8 nitrogen and oxygen atoms in total. The van der Waals surface area contributed by atoms with Gasteiger partial charge in [-0.15, -0.1) is 10.2 Å². The molecular formula is C35H28ClN3O5S2. The zero-order valence-corrected chi connectivity index (χ0v) is 27.0. The van der Waals surface area contributed by atoms with E-state index in [1.165, 1.54) is 28.0 Å². The van der Waals surface area contributed by atoms with Crippen LogP contribution in [0.25, 0.3) is 5.76 Å². The van der Waals surface area contributed by atoms with Gasteiger partial charge < -0.3 is 14.6 Å². The van der Waals surface area contributed by atoms with Crippen LogP contribution in [0.1, 0.15) is 35.2 Å². The summed E-state index contributed by atoms with van der Waals surface area (Å²) >= 11 is 8.67. The van der Waals surface area contributed by atoms with E-state index in [9.17, 15) is 14.7 Å². The minimum atomic E-state index is -0.996. The number of carbonyl (C=O) groups excluding carboxylic acids is 2. The zero-order chi connectivity index (χ0) is 32.0. The summed E-state index contributed by atoms with van der Waals surface area (Å²) in [5.74, 6) is -0.348. The van der Waals surface area contributed by atoms with Crippen molar-refractivity contribution in [3.05, 3.63) is 136 Å². The monoisotopic (exact) mass is 669 g/mol. The van der Waals surface area contributed by atoms with Crippen LogP contribution in [0.3, 0.4) is 0 Å². The molecule has 0 bridgehead atoms. The number of rotatable bonds is 11. The predicted octanol–water partition coefficient (Wildman–Crippen LogP) is 8.09. The van der Waals surface area contributed by atoms with Crippen LogP contribution in [0.15, 0.2) is 113 Å². The number of hydrogen-bond donors (Lipinski definition) is 1. The molecule has 1 N–H and O–H groups in total. The van der Waals surface area contributed by atoms with E-state index in [1.54, 1.807) is 48.5 Å². The molecule has 0 radical (unpaired) electrons. The number of aliphatic hydroxyl groups is 1. The van der Waals surface area contributed by atoms with Crippen LogP contribution in [-0.4, -0.2) is 33.6 Å². The number of Topliss-reactive ketones (excluding diaryl/α,β-unsaturated/α-hetero) is 1. The van der Waals surface area contributed by atoms with E-state index in [1.807, 2.05) is 61.5 Å². The van der Waals surface area contributed by atoms with Gasteiger partial charge in [0, 0.05) is 16.3 Å². The molecule has 2 heterocycles. The molecule has 1 amide bonds. The number of nitrogens with zero attached hydrogens (tertiary/aromatic N) is 3. The number of aliphatic hydroxyl groups excluding tert-OH is 1. The largest absolute Gasteiger partial charge is 0.507 e. The van der Waals surface area contributed by atoms with Gasteiger partial charge in [-0.05, 0) is 47.9 Å². The standard InChI is InChI=1S/C35H28ClN3O5S2/c1-2-43-28-19-25(15-18-27(28)44-20-22-9-5-3-6-10-22)30-29(31(40)24-11-7-4-8-12-24)32(41)33(42)39(30)34-37-38-35(46-34)45-21-23-13-16-26(36)17-14-23/h3-19,30,40H,2,20-21H2,1H3. The van der Waals surface area contributed by atoms with Gasteiger partial charge in [0.15, 0.2) is 15.8 Å². The van der Waals surface area contributed by atoms with Crippen molar-refractivity contribution < 1.29 is 24.2 Å². The highest BCUT2D eigenvalue weighted by atomic mass is 35.5. The van der Waals surface area contributed by atoms with Gasteiger partial charge in [0.05, 0.1) is 18.2 Å². The number of halogens is 1. The quantitative estimate of drug-likeness (QED) is 0.0495. The van der Waals surface area contributed by atoms with Crippen LogP contribution in [0.4, 0.5) is 5.13 Å². The molecule has 1 aromatic heterocycles. The Morgan fingerprint density at radius 3 is 2.33 bits per heavy atom. The molecule has 1 fully saturated rings. The zero-order valence-electron chi connectivity index (χ0n) is 24.6. The first kappa shape index (κ1) is 31.3. The Hall–Kier alpha value is -4.64. The van der Waals surface area contributed by atoms with E-state index >= 15 is 0 Å². The Bertz CT molecular complexity index is 1880. The maximum absolute atomic E-state index is 13.7. The molecule has 1 aliphatic heterocycles. The van der Waals surface area contributed by atoms with Gasteiger partial charge in [-0.2, -0.15) is 0 Å². The summed E-state index contributed by atoms with van der Waals surface area (Å²) in [5.41, 5.74) is 2.94. The Morgan fingerprint density at radius 2 is 1.61 bits per heavy atom. The first-order valence-corrected chi connectivity index (χ1v) is 16.6. The predicted molar refractivity (Wildman–Crippen MR) is 181 cm³/mol. The first-order chi connectivity index (χ1) is 22.4. The first-order valence-electron chi connectivity index (χ1n) is 14.4. The number of hydrogen-bond acceptors (Lipinski definition) is 9. The lowest BCUT2D eigenvalue weighted by atomic mass is 9.95. The van der Waals surface area contributed by atoms with E-state index in [0.717, 1.165) is 11.1 Å². The van der Waals surface area contributed by atoms with Gasteiger partial charge in [-0.25, -0.2) is 0 Å². The van der Waals surface area contributed by atoms with E-state index in [0.29, 0.717) is 51.0 Å². The SMILES string of the molecule is CCOc1cc(C2C(=C(O)c3ccccc3)C(=O)C(=O)N2c2nnc(SCc3ccc(Cl)cc3)s2)ccc1OCc1ccccc1. The summed E-state index contributed by atoms with van der Waals surface area (Å²) in [6, 6.07) is 30.2. The van der Waals surface area contributed by atoms with Crippen molar-refractivity contribution in [2.45, 2.75) is 29.7 Å². The Kier molecular flexibility index (Phi) is 9.68. The van der Waals surface area contributed by atoms with Crippen LogP contribution in [0, 0.1) is 0 Å². The van der Waals surface area contributed by atoms with Gasteiger partial charge in [-0.1, -0.05) is 114 Å². The van der Waals surface area contributed by atoms with Gasteiger partial charge in [-0.3, -0.25) is 14.5 Å². The summed E-state index contributed by atoms with van der Waals surface area (Å²) in [4.78, 5) is 28.6. The van der Waals surface area contributed by atoms with Crippen molar-refractivity contribution in [3.63, 3.8) is 0 Å². The van der Waals surface area contributed by atoms with Crippen molar-refractivity contribution in [1.29, 1.82) is 0 Å². The average Bonchev–Trinajstić information content (AvgIpc) is 3.66. The Labute approximate surface area is 279 Å². The highest BCUT2D eigenvalue weighted by molar-refractivity contribution is 8.00. The lowest BCUT2D eigenvalue weighted by molar-refractivity contribution is -0.132. The Morgan fingerprint density at radius 1 is 0.891 bits per heavy atom. The van der Waals surface area contributed by atoms with Crippen molar-refractivity contribution in [2.75, 3.05) is 11.5 Å².